The van der Waals surface area contributed by atoms with Crippen molar-refractivity contribution >= 4 is 0 Å². The highest BCUT2D eigenvalue weighted by Gasteiger charge is 2.36. The van der Waals surface area contributed by atoms with E-state index in [2.05, 4.69) is 47.8 Å². The maximum absolute atomic E-state index is 3.25. The SMILES string of the molecule is CNCc1ccc2c(c1)C1CCC2c2ccccc21. The van der Waals surface area contributed by atoms with Crippen LogP contribution in [0.15, 0.2) is 42.5 Å². The molecule has 0 aromatic heterocycles. The fraction of sp³-hybridized carbons (Fsp3) is 0.333. The van der Waals surface area contributed by atoms with Gasteiger partial charge in [0, 0.05) is 18.4 Å². The molecule has 2 unspecified atom stereocenters. The number of fused-ring (bicyclic) bond motifs is 1. The van der Waals surface area contributed by atoms with Crippen molar-refractivity contribution in [2.45, 2.75) is 31.2 Å². The highest BCUT2D eigenvalue weighted by molar-refractivity contribution is 5.55. The molecule has 0 spiro atoms. The molecule has 2 aromatic carbocycles. The van der Waals surface area contributed by atoms with E-state index in [1.165, 1.54) is 18.4 Å². The van der Waals surface area contributed by atoms with Crippen molar-refractivity contribution in [3.63, 3.8) is 0 Å². The summed E-state index contributed by atoms with van der Waals surface area (Å²) < 4.78 is 0. The topological polar surface area (TPSA) is 12.0 Å². The van der Waals surface area contributed by atoms with E-state index in [1.807, 2.05) is 7.05 Å². The van der Waals surface area contributed by atoms with Crippen molar-refractivity contribution in [2.24, 2.45) is 0 Å². The number of hydrogen-bond donors (Lipinski definition) is 1. The lowest BCUT2D eigenvalue weighted by molar-refractivity contribution is 0.519. The van der Waals surface area contributed by atoms with E-state index in [-0.39, 0.29) is 0 Å². The van der Waals surface area contributed by atoms with E-state index in [9.17, 15) is 0 Å². The van der Waals surface area contributed by atoms with Gasteiger partial charge in [0.25, 0.3) is 0 Å². The number of nitrogens with one attached hydrogen (secondary N) is 1. The lowest BCUT2D eigenvalue weighted by Crippen LogP contribution is -2.25. The molecule has 0 saturated carbocycles. The van der Waals surface area contributed by atoms with Crippen molar-refractivity contribution in [3.8, 4) is 0 Å². The van der Waals surface area contributed by atoms with Gasteiger partial charge in [-0.3, -0.25) is 0 Å². The summed E-state index contributed by atoms with van der Waals surface area (Å²) in [7, 11) is 2.01. The molecular formula is C18H19N. The van der Waals surface area contributed by atoms with Crippen LogP contribution >= 0.6 is 0 Å². The van der Waals surface area contributed by atoms with Gasteiger partial charge in [-0.2, -0.15) is 0 Å². The van der Waals surface area contributed by atoms with E-state index >= 15 is 0 Å². The molecule has 3 aliphatic rings. The maximum Gasteiger partial charge on any atom is 0.0202 e. The molecular weight excluding hydrogens is 230 g/mol. The van der Waals surface area contributed by atoms with Gasteiger partial charge >= 0.3 is 0 Å². The summed E-state index contributed by atoms with van der Waals surface area (Å²) >= 11 is 0. The second kappa shape index (κ2) is 4.21. The Morgan fingerprint density at radius 1 is 0.895 bits per heavy atom. The van der Waals surface area contributed by atoms with Crippen LogP contribution in [-0.2, 0) is 6.54 Å². The van der Waals surface area contributed by atoms with E-state index in [0.29, 0.717) is 11.8 Å². The van der Waals surface area contributed by atoms with Gasteiger partial charge in [-0.25, -0.2) is 0 Å². The van der Waals surface area contributed by atoms with Gasteiger partial charge < -0.3 is 5.32 Å². The van der Waals surface area contributed by atoms with Crippen LogP contribution in [0, 0.1) is 0 Å². The smallest absolute Gasteiger partial charge is 0.0202 e. The first kappa shape index (κ1) is 11.2. The summed E-state index contributed by atoms with van der Waals surface area (Å²) in [5, 5.41) is 3.25. The monoisotopic (exact) mass is 249 g/mol. The summed E-state index contributed by atoms with van der Waals surface area (Å²) in [5.74, 6) is 1.27. The van der Waals surface area contributed by atoms with Crippen LogP contribution in [0.25, 0.3) is 0 Å². The average Bonchev–Trinajstić information content (AvgIpc) is 2.48. The van der Waals surface area contributed by atoms with Gasteiger partial charge in [0.1, 0.15) is 0 Å². The van der Waals surface area contributed by atoms with E-state index < -0.39 is 0 Å². The molecule has 2 atom stereocenters. The van der Waals surface area contributed by atoms with Gasteiger partial charge in [0.05, 0.1) is 0 Å². The summed E-state index contributed by atoms with van der Waals surface area (Å²) in [6.07, 6.45) is 2.64. The molecule has 2 aromatic rings. The van der Waals surface area contributed by atoms with E-state index in [4.69, 9.17) is 0 Å². The Morgan fingerprint density at radius 3 is 2.21 bits per heavy atom. The molecule has 0 radical (unpaired) electrons. The highest BCUT2D eigenvalue weighted by atomic mass is 14.8. The van der Waals surface area contributed by atoms with Gasteiger partial charge in [-0.05, 0) is 47.7 Å². The lowest BCUT2D eigenvalue weighted by Gasteiger charge is -2.40. The van der Waals surface area contributed by atoms with Crippen LogP contribution in [0.2, 0.25) is 0 Å². The molecule has 0 aliphatic heterocycles. The Balaban J connectivity index is 1.88. The Labute approximate surface area is 114 Å². The van der Waals surface area contributed by atoms with Gasteiger partial charge in [-0.1, -0.05) is 42.5 Å². The van der Waals surface area contributed by atoms with Crippen LogP contribution in [0.5, 0.6) is 0 Å². The van der Waals surface area contributed by atoms with Crippen molar-refractivity contribution in [2.75, 3.05) is 7.05 Å². The zero-order chi connectivity index (χ0) is 12.8. The molecule has 0 fully saturated rings. The average molecular weight is 249 g/mol. The van der Waals surface area contributed by atoms with Crippen molar-refractivity contribution in [3.05, 3.63) is 70.3 Å². The fourth-order valence-electron chi connectivity index (χ4n) is 3.99. The summed E-state index contributed by atoms with van der Waals surface area (Å²) in [5.41, 5.74) is 7.73. The zero-order valence-corrected chi connectivity index (χ0v) is 11.3. The molecule has 1 N–H and O–H groups in total. The molecule has 3 aliphatic carbocycles. The first-order valence-electron chi connectivity index (χ1n) is 7.24. The molecule has 0 saturated heterocycles. The van der Waals surface area contributed by atoms with Crippen LogP contribution < -0.4 is 5.32 Å². The molecule has 1 heteroatoms. The molecule has 0 amide bonds. The first-order valence-corrected chi connectivity index (χ1v) is 7.24. The Kier molecular flexibility index (Phi) is 2.49. The Bertz CT molecular complexity index is 629. The van der Waals surface area contributed by atoms with Gasteiger partial charge in [0.15, 0.2) is 0 Å². The predicted molar refractivity (Wildman–Crippen MR) is 78.6 cm³/mol. The van der Waals surface area contributed by atoms with Crippen LogP contribution in [0.3, 0.4) is 0 Å². The summed E-state index contributed by atoms with van der Waals surface area (Å²) in [6, 6.07) is 16.1. The minimum absolute atomic E-state index is 0.632. The number of benzene rings is 2. The Hall–Kier alpha value is -1.60. The molecule has 2 bridgehead atoms. The highest BCUT2D eigenvalue weighted by Crippen LogP contribution is 2.52. The molecule has 19 heavy (non-hydrogen) atoms. The third-order valence-corrected chi connectivity index (χ3v) is 4.77. The second-order valence-corrected chi connectivity index (χ2v) is 5.81. The van der Waals surface area contributed by atoms with E-state index in [0.717, 1.165) is 6.54 Å². The molecule has 1 nitrogen and oxygen atoms in total. The molecule has 0 heterocycles. The summed E-state index contributed by atoms with van der Waals surface area (Å²) in [6.45, 7) is 0.965. The minimum atomic E-state index is 0.632. The Morgan fingerprint density at radius 2 is 1.53 bits per heavy atom. The molecule has 5 rings (SSSR count). The largest absolute Gasteiger partial charge is 0.316 e. The quantitative estimate of drug-likeness (QED) is 0.854. The van der Waals surface area contributed by atoms with Crippen LogP contribution in [0.4, 0.5) is 0 Å². The predicted octanol–water partition coefficient (Wildman–Crippen LogP) is 3.78. The van der Waals surface area contributed by atoms with Crippen molar-refractivity contribution in [1.29, 1.82) is 0 Å². The fourth-order valence-corrected chi connectivity index (χ4v) is 3.99. The van der Waals surface area contributed by atoms with Crippen LogP contribution in [-0.4, -0.2) is 7.05 Å². The third kappa shape index (κ3) is 1.58. The van der Waals surface area contributed by atoms with Crippen LogP contribution in [0.1, 0.15) is 52.5 Å². The van der Waals surface area contributed by atoms with E-state index in [1.54, 1.807) is 22.3 Å². The lowest BCUT2D eigenvalue weighted by atomic mass is 9.64. The van der Waals surface area contributed by atoms with Gasteiger partial charge in [0.2, 0.25) is 0 Å². The van der Waals surface area contributed by atoms with Crippen molar-refractivity contribution < 1.29 is 0 Å². The van der Waals surface area contributed by atoms with Gasteiger partial charge in [-0.15, -0.1) is 0 Å². The third-order valence-electron chi connectivity index (χ3n) is 4.77. The standard InChI is InChI=1S/C18H19N/c1-19-11-12-6-7-16-15-8-9-17(18(16)10-12)14-5-3-2-4-13(14)15/h2-7,10,15,17,19H,8-9,11H2,1H3. The normalized spacial score (nSPS) is 23.0. The molecule has 96 valence electrons. The number of rotatable bonds is 2. The summed E-state index contributed by atoms with van der Waals surface area (Å²) in [4.78, 5) is 0. The minimum Gasteiger partial charge on any atom is -0.316 e. The number of hydrogen-bond acceptors (Lipinski definition) is 1. The maximum atomic E-state index is 3.25. The first-order chi connectivity index (χ1) is 9.38. The second-order valence-electron chi connectivity index (χ2n) is 5.81. The van der Waals surface area contributed by atoms with Crippen molar-refractivity contribution in [1.82, 2.24) is 5.32 Å². The zero-order valence-electron chi connectivity index (χ0n) is 11.3.